The zero-order valence-electron chi connectivity index (χ0n) is 17.2. The summed E-state index contributed by atoms with van der Waals surface area (Å²) in [5.74, 6) is 0.807. The van der Waals surface area contributed by atoms with E-state index in [9.17, 15) is 13.2 Å². The molecule has 1 saturated carbocycles. The Morgan fingerprint density at radius 1 is 0.968 bits per heavy atom. The first-order chi connectivity index (χ1) is 14.8. The van der Waals surface area contributed by atoms with Gasteiger partial charge >= 0.3 is 0 Å². The summed E-state index contributed by atoms with van der Waals surface area (Å²) in [4.78, 5) is 21.1. The predicted molar refractivity (Wildman–Crippen MR) is 120 cm³/mol. The van der Waals surface area contributed by atoms with Gasteiger partial charge in [-0.1, -0.05) is 24.3 Å². The second kappa shape index (κ2) is 7.13. The zero-order valence-corrected chi connectivity index (χ0v) is 18.1. The first-order valence-corrected chi connectivity index (χ1v) is 12.0. The summed E-state index contributed by atoms with van der Waals surface area (Å²) in [5.41, 5.74) is 5.98. The number of pyridine rings is 1. The van der Waals surface area contributed by atoms with Crippen molar-refractivity contribution in [2.45, 2.75) is 30.7 Å². The lowest BCUT2D eigenvalue weighted by molar-refractivity contribution is 0.112. The Labute approximate surface area is 180 Å². The van der Waals surface area contributed by atoms with Crippen LogP contribution in [0, 0.1) is 6.92 Å². The second-order valence-electron chi connectivity index (χ2n) is 8.07. The number of aldehydes is 1. The van der Waals surface area contributed by atoms with E-state index in [1.807, 2.05) is 37.3 Å². The average molecular weight is 432 g/mol. The molecule has 0 unspecified atom stereocenters. The standard InChI is InChI=1S/C24H21N3O3S/c1-15-13-21(17-5-3-16(14-28)4-6-17)25-24-22(15)26-23(27(24)19-9-10-19)18-7-11-20(12-8-18)31(2,29)30/h3-8,11-14,19H,9-10H2,1-2H3. The lowest BCUT2D eigenvalue weighted by Gasteiger charge is -2.09. The minimum atomic E-state index is -3.25. The Hall–Kier alpha value is -3.32. The smallest absolute Gasteiger partial charge is 0.175 e. The molecule has 0 bridgehead atoms. The van der Waals surface area contributed by atoms with Crippen LogP contribution in [-0.2, 0) is 9.84 Å². The normalized spacial score (nSPS) is 14.1. The fourth-order valence-electron chi connectivity index (χ4n) is 3.83. The molecule has 0 radical (unpaired) electrons. The second-order valence-corrected chi connectivity index (χ2v) is 10.1. The van der Waals surface area contributed by atoms with Gasteiger partial charge in [-0.15, -0.1) is 0 Å². The minimum absolute atomic E-state index is 0.292. The summed E-state index contributed by atoms with van der Waals surface area (Å²) < 4.78 is 25.8. The number of hydrogen-bond donors (Lipinski definition) is 0. The number of carbonyl (C=O) groups excluding carboxylic acids is 1. The van der Waals surface area contributed by atoms with Gasteiger partial charge in [-0.05, 0) is 55.7 Å². The summed E-state index contributed by atoms with van der Waals surface area (Å²) in [7, 11) is -3.25. The van der Waals surface area contributed by atoms with Crippen molar-refractivity contribution in [3.8, 4) is 22.6 Å². The van der Waals surface area contributed by atoms with Crippen LogP contribution in [0.3, 0.4) is 0 Å². The highest BCUT2D eigenvalue weighted by Crippen LogP contribution is 2.42. The van der Waals surface area contributed by atoms with Crippen molar-refractivity contribution in [2.75, 3.05) is 6.26 Å². The molecule has 1 fully saturated rings. The third-order valence-electron chi connectivity index (χ3n) is 5.63. The fourth-order valence-corrected chi connectivity index (χ4v) is 4.46. The Bertz CT molecular complexity index is 1420. The number of carbonyl (C=O) groups is 1. The van der Waals surface area contributed by atoms with Crippen molar-refractivity contribution < 1.29 is 13.2 Å². The lowest BCUT2D eigenvalue weighted by atomic mass is 10.1. The molecule has 156 valence electrons. The van der Waals surface area contributed by atoms with Gasteiger partial charge in [0, 0.05) is 29.0 Å². The molecule has 1 aliphatic rings. The van der Waals surface area contributed by atoms with Crippen LogP contribution in [0.5, 0.6) is 0 Å². The molecule has 31 heavy (non-hydrogen) atoms. The number of aryl methyl sites for hydroxylation is 1. The van der Waals surface area contributed by atoms with Gasteiger partial charge in [0.15, 0.2) is 15.5 Å². The van der Waals surface area contributed by atoms with Crippen molar-refractivity contribution >= 4 is 27.3 Å². The Kier molecular flexibility index (Phi) is 4.51. The van der Waals surface area contributed by atoms with E-state index in [1.54, 1.807) is 24.3 Å². The van der Waals surface area contributed by atoms with Crippen LogP contribution < -0.4 is 0 Å². The maximum Gasteiger partial charge on any atom is 0.175 e. The third kappa shape index (κ3) is 3.55. The van der Waals surface area contributed by atoms with Gasteiger partial charge in [0.1, 0.15) is 17.6 Å². The number of nitrogens with zero attached hydrogens (tertiary/aromatic N) is 3. The summed E-state index contributed by atoms with van der Waals surface area (Å²) in [6, 6.07) is 16.6. The largest absolute Gasteiger partial charge is 0.306 e. The molecule has 0 saturated heterocycles. The summed E-state index contributed by atoms with van der Waals surface area (Å²) in [6.07, 6.45) is 4.17. The highest BCUT2D eigenvalue weighted by Gasteiger charge is 2.30. The van der Waals surface area contributed by atoms with Crippen molar-refractivity contribution in [3.05, 3.63) is 65.7 Å². The van der Waals surface area contributed by atoms with Crippen LogP contribution in [-0.4, -0.2) is 35.5 Å². The van der Waals surface area contributed by atoms with Crippen LogP contribution in [0.2, 0.25) is 0 Å². The number of hydrogen-bond acceptors (Lipinski definition) is 5. The molecule has 2 aromatic heterocycles. The molecular formula is C24H21N3O3S. The van der Waals surface area contributed by atoms with Crippen molar-refractivity contribution in [2.24, 2.45) is 0 Å². The molecular weight excluding hydrogens is 410 g/mol. The van der Waals surface area contributed by atoms with Crippen LogP contribution in [0.4, 0.5) is 0 Å². The Morgan fingerprint density at radius 3 is 2.19 bits per heavy atom. The quantitative estimate of drug-likeness (QED) is 0.431. The highest BCUT2D eigenvalue weighted by atomic mass is 32.2. The van der Waals surface area contributed by atoms with Crippen LogP contribution in [0.1, 0.15) is 34.8 Å². The van der Waals surface area contributed by atoms with Crippen molar-refractivity contribution in [1.82, 2.24) is 14.5 Å². The molecule has 0 spiro atoms. The van der Waals surface area contributed by atoms with E-state index >= 15 is 0 Å². The topological polar surface area (TPSA) is 81.9 Å². The van der Waals surface area contributed by atoms with Gasteiger partial charge in [0.2, 0.25) is 0 Å². The molecule has 7 heteroatoms. The number of rotatable bonds is 5. The molecule has 2 aromatic carbocycles. The van der Waals surface area contributed by atoms with Gasteiger partial charge in [0.05, 0.1) is 10.6 Å². The predicted octanol–water partition coefficient (Wildman–Crippen LogP) is 4.62. The number of imidazole rings is 1. The molecule has 1 aliphatic carbocycles. The van der Waals surface area contributed by atoms with E-state index in [0.717, 1.165) is 58.5 Å². The monoisotopic (exact) mass is 431 g/mol. The number of sulfone groups is 1. The molecule has 0 N–H and O–H groups in total. The van der Waals surface area contributed by atoms with Gasteiger partial charge in [-0.2, -0.15) is 0 Å². The van der Waals surface area contributed by atoms with Crippen molar-refractivity contribution in [1.29, 1.82) is 0 Å². The number of benzene rings is 2. The molecule has 0 atom stereocenters. The summed E-state index contributed by atoms with van der Waals surface area (Å²) in [5, 5.41) is 0. The van der Waals surface area contributed by atoms with E-state index < -0.39 is 9.84 Å². The molecule has 0 aliphatic heterocycles. The molecule has 0 amide bonds. The maximum absolute atomic E-state index is 11.8. The summed E-state index contributed by atoms with van der Waals surface area (Å²) >= 11 is 0. The van der Waals surface area contributed by atoms with Gasteiger partial charge in [-0.3, -0.25) is 4.79 Å². The molecule has 5 rings (SSSR count). The van der Waals surface area contributed by atoms with Gasteiger partial charge < -0.3 is 4.57 Å². The number of aromatic nitrogens is 3. The molecule has 2 heterocycles. The highest BCUT2D eigenvalue weighted by molar-refractivity contribution is 7.90. The zero-order chi connectivity index (χ0) is 21.8. The van der Waals surface area contributed by atoms with Crippen molar-refractivity contribution in [3.63, 3.8) is 0 Å². The number of fused-ring (bicyclic) bond motifs is 1. The first-order valence-electron chi connectivity index (χ1n) is 10.1. The van der Waals surface area contributed by atoms with Gasteiger partial charge in [-0.25, -0.2) is 18.4 Å². The minimum Gasteiger partial charge on any atom is -0.306 e. The first kappa shape index (κ1) is 19.6. The van der Waals surface area contributed by atoms with Crippen LogP contribution in [0.15, 0.2) is 59.5 Å². The van der Waals surface area contributed by atoms with E-state index in [1.165, 1.54) is 6.26 Å². The Balaban J connectivity index is 1.67. The molecule has 6 nitrogen and oxygen atoms in total. The lowest BCUT2D eigenvalue weighted by Crippen LogP contribution is -2.00. The van der Waals surface area contributed by atoms with E-state index in [0.29, 0.717) is 16.5 Å². The van der Waals surface area contributed by atoms with E-state index in [2.05, 4.69) is 4.57 Å². The average Bonchev–Trinajstić information content (AvgIpc) is 3.53. The molecule has 4 aromatic rings. The third-order valence-corrected chi connectivity index (χ3v) is 6.76. The van der Waals surface area contributed by atoms with Crippen LogP contribution in [0.25, 0.3) is 33.8 Å². The SMILES string of the molecule is Cc1cc(-c2ccc(C=O)cc2)nc2c1nc(-c1ccc(S(C)(=O)=O)cc1)n2C1CC1. The van der Waals surface area contributed by atoms with Gasteiger partial charge in [0.25, 0.3) is 0 Å². The maximum atomic E-state index is 11.8. The van der Waals surface area contributed by atoms with E-state index in [-0.39, 0.29) is 0 Å². The van der Waals surface area contributed by atoms with Crippen LogP contribution >= 0.6 is 0 Å². The van der Waals surface area contributed by atoms with E-state index in [4.69, 9.17) is 9.97 Å². The fraction of sp³-hybridized carbons (Fsp3) is 0.208. The summed E-state index contributed by atoms with van der Waals surface area (Å²) in [6.45, 7) is 2.02. The Morgan fingerprint density at radius 2 is 1.61 bits per heavy atom.